The van der Waals surface area contributed by atoms with Crippen LogP contribution in [-0.2, 0) is 11.2 Å². The molecule has 0 saturated heterocycles. The number of hydrogen-bond donors (Lipinski definition) is 0. The zero-order chi connectivity index (χ0) is 33.5. The Morgan fingerprint density at radius 3 is 1.45 bits per heavy atom. The van der Waals surface area contributed by atoms with Gasteiger partial charge >= 0.3 is 11.9 Å². The Kier molecular flexibility index (Phi) is 18.6. The van der Waals surface area contributed by atoms with Crippen molar-refractivity contribution in [2.45, 2.75) is 136 Å². The van der Waals surface area contributed by atoms with Gasteiger partial charge in [0.25, 0.3) is 0 Å². The maximum Gasteiger partial charge on any atom is 0.343 e. The van der Waals surface area contributed by atoms with Crippen molar-refractivity contribution in [2.24, 2.45) is 5.92 Å². The topological polar surface area (TPSA) is 52.6 Å². The lowest BCUT2D eigenvalue weighted by Crippen LogP contribution is -2.11. The summed E-state index contributed by atoms with van der Waals surface area (Å²) in [4.78, 5) is 25.0. The van der Waals surface area contributed by atoms with E-state index in [4.69, 9.17) is 9.47 Å². The molecule has 0 amide bonds. The summed E-state index contributed by atoms with van der Waals surface area (Å²) in [6, 6.07) is 22.6. The molecule has 47 heavy (non-hydrogen) atoms. The van der Waals surface area contributed by atoms with Crippen molar-refractivity contribution in [3.05, 3.63) is 89.5 Å². The van der Waals surface area contributed by atoms with E-state index in [1.54, 1.807) is 24.3 Å². The summed E-state index contributed by atoms with van der Waals surface area (Å²) in [7, 11) is 0. The van der Waals surface area contributed by atoms with Crippen molar-refractivity contribution in [1.82, 2.24) is 0 Å². The fourth-order valence-electron chi connectivity index (χ4n) is 5.78. The van der Waals surface area contributed by atoms with Crippen LogP contribution in [-0.4, -0.2) is 18.5 Å². The van der Waals surface area contributed by atoms with Gasteiger partial charge in [0.15, 0.2) is 0 Å². The van der Waals surface area contributed by atoms with E-state index in [0.717, 1.165) is 24.0 Å². The predicted octanol–water partition coefficient (Wildman–Crippen LogP) is 12.6. The number of carbonyl (C=O) groups is 2. The van der Waals surface area contributed by atoms with Crippen LogP contribution in [0.5, 0.6) is 5.75 Å². The van der Waals surface area contributed by atoms with E-state index < -0.39 is 0 Å². The minimum absolute atomic E-state index is 0.299. The third kappa shape index (κ3) is 15.4. The van der Waals surface area contributed by atoms with Gasteiger partial charge in [0, 0.05) is 0 Å². The molecule has 0 fully saturated rings. The number of esters is 2. The molecular formula is C43H60O4. The van der Waals surface area contributed by atoms with Gasteiger partial charge in [-0.05, 0) is 71.8 Å². The highest BCUT2D eigenvalue weighted by atomic mass is 16.5. The molecule has 0 saturated carbocycles. The Bertz CT molecular complexity index is 1260. The lowest BCUT2D eigenvalue weighted by atomic mass is 10.0. The monoisotopic (exact) mass is 640 g/mol. The molecule has 3 rings (SSSR count). The van der Waals surface area contributed by atoms with Gasteiger partial charge in [-0.2, -0.15) is 0 Å². The fourth-order valence-corrected chi connectivity index (χ4v) is 5.78. The summed E-state index contributed by atoms with van der Waals surface area (Å²) < 4.78 is 11.0. The first kappa shape index (κ1) is 38.1. The molecule has 0 spiro atoms. The SMILES string of the molecule is CCCCCCCCCCCCCCCCCCc1ccc(C(=O)Oc2ccc(-c3ccc(C(=O)OCC(C)CC)cc3)cc2)cc1. The van der Waals surface area contributed by atoms with Crippen LogP contribution in [0.25, 0.3) is 11.1 Å². The Labute approximate surface area is 285 Å². The number of aryl methyl sites for hydroxylation is 1. The normalized spacial score (nSPS) is 11.7. The molecule has 0 bridgehead atoms. The standard InChI is InChI=1S/C43H60O4/c1-4-6-7-8-9-10-11-12-13-14-15-16-17-18-19-20-21-36-22-24-40(25-23-36)43(45)47-41-32-30-38(31-33-41)37-26-28-39(29-27-37)42(44)46-34-35(3)5-2/h22-33,35H,4-21,34H2,1-3H3. The second kappa shape index (κ2) is 23.0. The first-order valence-corrected chi connectivity index (χ1v) is 18.7. The fraction of sp³-hybridized carbons (Fsp3) is 0.535. The van der Waals surface area contributed by atoms with Crippen LogP contribution in [0.2, 0.25) is 0 Å². The maximum absolute atomic E-state index is 12.7. The van der Waals surface area contributed by atoms with Crippen molar-refractivity contribution in [2.75, 3.05) is 6.61 Å². The zero-order valence-electron chi connectivity index (χ0n) is 29.6. The molecule has 1 atom stereocenters. The first-order chi connectivity index (χ1) is 23.0. The van der Waals surface area contributed by atoms with Crippen molar-refractivity contribution in [3.8, 4) is 16.9 Å². The van der Waals surface area contributed by atoms with E-state index in [-0.39, 0.29) is 11.9 Å². The number of hydrogen-bond acceptors (Lipinski definition) is 4. The average molecular weight is 641 g/mol. The molecule has 0 aliphatic rings. The third-order valence-corrected chi connectivity index (χ3v) is 9.22. The molecular weight excluding hydrogens is 580 g/mol. The van der Waals surface area contributed by atoms with E-state index in [2.05, 4.69) is 32.9 Å². The Hall–Kier alpha value is -3.40. The summed E-state index contributed by atoms with van der Waals surface area (Å²) in [5, 5.41) is 0. The van der Waals surface area contributed by atoms with Crippen LogP contribution in [0, 0.1) is 5.92 Å². The number of unbranched alkanes of at least 4 members (excludes halogenated alkanes) is 15. The number of benzene rings is 3. The molecule has 0 aromatic heterocycles. The lowest BCUT2D eigenvalue weighted by molar-refractivity contribution is 0.0447. The van der Waals surface area contributed by atoms with Crippen molar-refractivity contribution < 1.29 is 19.1 Å². The molecule has 256 valence electrons. The zero-order valence-corrected chi connectivity index (χ0v) is 29.6. The van der Waals surface area contributed by atoms with Crippen molar-refractivity contribution >= 4 is 11.9 Å². The number of rotatable bonds is 24. The van der Waals surface area contributed by atoms with Crippen LogP contribution < -0.4 is 4.74 Å². The van der Waals surface area contributed by atoms with Crippen LogP contribution >= 0.6 is 0 Å². The molecule has 0 heterocycles. The van der Waals surface area contributed by atoms with Gasteiger partial charge in [-0.1, -0.05) is 160 Å². The van der Waals surface area contributed by atoms with Gasteiger partial charge in [-0.3, -0.25) is 0 Å². The largest absolute Gasteiger partial charge is 0.462 e. The summed E-state index contributed by atoms with van der Waals surface area (Å²) in [6.07, 6.45) is 24.1. The predicted molar refractivity (Wildman–Crippen MR) is 196 cm³/mol. The maximum atomic E-state index is 12.7. The summed E-state index contributed by atoms with van der Waals surface area (Å²) >= 11 is 0. The molecule has 0 radical (unpaired) electrons. The van der Waals surface area contributed by atoms with E-state index in [1.807, 2.05) is 36.4 Å². The van der Waals surface area contributed by atoms with E-state index in [9.17, 15) is 9.59 Å². The average Bonchev–Trinajstić information content (AvgIpc) is 3.11. The summed E-state index contributed by atoms with van der Waals surface area (Å²) in [6.45, 7) is 6.86. The Balaban J connectivity index is 1.27. The minimum Gasteiger partial charge on any atom is -0.462 e. The molecule has 3 aromatic carbocycles. The van der Waals surface area contributed by atoms with E-state index in [0.29, 0.717) is 29.4 Å². The summed E-state index contributed by atoms with van der Waals surface area (Å²) in [5.74, 6) is 0.198. The van der Waals surface area contributed by atoms with Crippen LogP contribution in [0.4, 0.5) is 0 Å². The molecule has 1 unspecified atom stereocenters. The Morgan fingerprint density at radius 1 is 0.532 bits per heavy atom. The van der Waals surface area contributed by atoms with Crippen molar-refractivity contribution in [1.29, 1.82) is 0 Å². The molecule has 0 aliphatic heterocycles. The molecule has 4 nitrogen and oxygen atoms in total. The van der Waals surface area contributed by atoms with Crippen LogP contribution in [0.15, 0.2) is 72.8 Å². The molecule has 0 aliphatic carbocycles. The van der Waals surface area contributed by atoms with E-state index >= 15 is 0 Å². The van der Waals surface area contributed by atoms with Gasteiger partial charge in [0.1, 0.15) is 5.75 Å². The number of ether oxygens (including phenoxy) is 2. The van der Waals surface area contributed by atoms with Gasteiger partial charge in [-0.15, -0.1) is 0 Å². The minimum atomic E-state index is -0.355. The lowest BCUT2D eigenvalue weighted by Gasteiger charge is -2.10. The van der Waals surface area contributed by atoms with Gasteiger partial charge in [0.05, 0.1) is 17.7 Å². The highest BCUT2D eigenvalue weighted by molar-refractivity contribution is 5.91. The van der Waals surface area contributed by atoms with Crippen molar-refractivity contribution in [3.63, 3.8) is 0 Å². The first-order valence-electron chi connectivity index (χ1n) is 18.7. The van der Waals surface area contributed by atoms with E-state index in [1.165, 1.54) is 108 Å². The quantitative estimate of drug-likeness (QED) is 0.0555. The van der Waals surface area contributed by atoms with Crippen LogP contribution in [0.1, 0.15) is 156 Å². The van der Waals surface area contributed by atoms with Crippen LogP contribution in [0.3, 0.4) is 0 Å². The summed E-state index contributed by atoms with van der Waals surface area (Å²) in [5.41, 5.74) is 4.31. The third-order valence-electron chi connectivity index (χ3n) is 9.22. The van der Waals surface area contributed by atoms with Gasteiger partial charge < -0.3 is 9.47 Å². The number of carbonyl (C=O) groups excluding carboxylic acids is 2. The second-order valence-electron chi connectivity index (χ2n) is 13.4. The molecule has 3 aromatic rings. The highest BCUT2D eigenvalue weighted by Crippen LogP contribution is 2.24. The van der Waals surface area contributed by atoms with Gasteiger partial charge in [-0.25, -0.2) is 9.59 Å². The van der Waals surface area contributed by atoms with Gasteiger partial charge in [0.2, 0.25) is 0 Å². The Morgan fingerprint density at radius 2 is 0.957 bits per heavy atom. The second-order valence-corrected chi connectivity index (χ2v) is 13.4. The molecule has 0 N–H and O–H groups in total. The highest BCUT2D eigenvalue weighted by Gasteiger charge is 2.11. The molecule has 4 heteroatoms. The smallest absolute Gasteiger partial charge is 0.343 e.